The van der Waals surface area contributed by atoms with E-state index in [4.69, 9.17) is 4.98 Å². The van der Waals surface area contributed by atoms with E-state index in [1.165, 1.54) is 22.4 Å². The molecule has 0 saturated carbocycles. The first-order valence-electron chi connectivity index (χ1n) is 9.91. The summed E-state index contributed by atoms with van der Waals surface area (Å²) in [4.78, 5) is 10.8. The standard InChI is InChI=1S/C24H28N4/c1-16(2)13-17(3)20-14-22-24(26-15-20)18(4)23(27-22)19-5-7-21(8-6-19)28-11-9-25-10-12-28/h5-8,13-15,25,27H,1,9-12H2,2-4H3/b17-13+. The summed E-state index contributed by atoms with van der Waals surface area (Å²) >= 11 is 0. The molecule has 28 heavy (non-hydrogen) atoms. The van der Waals surface area contributed by atoms with Gasteiger partial charge in [-0.15, -0.1) is 0 Å². The Morgan fingerprint density at radius 1 is 1.14 bits per heavy atom. The molecule has 3 heterocycles. The van der Waals surface area contributed by atoms with Gasteiger partial charge in [-0.25, -0.2) is 0 Å². The van der Waals surface area contributed by atoms with Crippen LogP contribution in [-0.4, -0.2) is 36.1 Å². The molecule has 1 saturated heterocycles. The van der Waals surface area contributed by atoms with Gasteiger partial charge in [-0.3, -0.25) is 4.98 Å². The Morgan fingerprint density at radius 2 is 1.86 bits per heavy atom. The molecule has 1 aromatic carbocycles. The minimum absolute atomic E-state index is 1.04. The average Bonchev–Trinajstić information content (AvgIpc) is 3.04. The predicted molar refractivity (Wildman–Crippen MR) is 120 cm³/mol. The molecule has 0 atom stereocenters. The second kappa shape index (κ2) is 7.64. The van der Waals surface area contributed by atoms with Crippen LogP contribution in [-0.2, 0) is 0 Å². The Balaban J connectivity index is 1.66. The number of rotatable bonds is 4. The van der Waals surface area contributed by atoms with Crippen LogP contribution < -0.4 is 10.2 Å². The first kappa shape index (κ1) is 18.5. The van der Waals surface area contributed by atoms with Gasteiger partial charge in [0.05, 0.1) is 16.7 Å². The molecule has 3 aromatic rings. The maximum Gasteiger partial charge on any atom is 0.0914 e. The van der Waals surface area contributed by atoms with Gasteiger partial charge in [-0.05, 0) is 55.7 Å². The summed E-state index contributed by atoms with van der Waals surface area (Å²) < 4.78 is 0. The molecule has 1 aliphatic rings. The Kier molecular flexibility index (Phi) is 5.05. The van der Waals surface area contributed by atoms with E-state index in [1.54, 1.807) is 0 Å². The highest BCUT2D eigenvalue weighted by Crippen LogP contribution is 2.31. The van der Waals surface area contributed by atoms with Crippen LogP contribution in [0.5, 0.6) is 0 Å². The highest BCUT2D eigenvalue weighted by molar-refractivity contribution is 5.89. The Labute approximate surface area is 167 Å². The maximum absolute atomic E-state index is 4.73. The molecule has 2 N–H and O–H groups in total. The molecule has 0 spiro atoms. The molecule has 4 heteroatoms. The third-order valence-electron chi connectivity index (χ3n) is 5.43. The van der Waals surface area contributed by atoms with Crippen LogP contribution in [0, 0.1) is 6.92 Å². The fourth-order valence-electron chi connectivity index (χ4n) is 3.92. The lowest BCUT2D eigenvalue weighted by atomic mass is 10.1. The van der Waals surface area contributed by atoms with Crippen molar-refractivity contribution in [3.63, 3.8) is 0 Å². The number of hydrogen-bond acceptors (Lipinski definition) is 3. The largest absolute Gasteiger partial charge is 0.369 e. The van der Waals surface area contributed by atoms with Crippen LogP contribution in [0.4, 0.5) is 5.69 Å². The summed E-state index contributed by atoms with van der Waals surface area (Å²) in [6, 6.07) is 11.1. The summed E-state index contributed by atoms with van der Waals surface area (Å²) in [6.45, 7) is 14.5. The van der Waals surface area contributed by atoms with E-state index < -0.39 is 0 Å². The van der Waals surface area contributed by atoms with Gasteiger partial charge >= 0.3 is 0 Å². The SMILES string of the molecule is C=C(C)/C=C(\C)c1cnc2c(C)c(-c3ccc(N4CCNCC4)cc3)[nH]c2c1. The topological polar surface area (TPSA) is 44.0 Å². The van der Waals surface area contributed by atoms with E-state index in [0.29, 0.717) is 0 Å². The van der Waals surface area contributed by atoms with Gasteiger partial charge in [-0.1, -0.05) is 30.4 Å². The zero-order valence-electron chi connectivity index (χ0n) is 17.0. The summed E-state index contributed by atoms with van der Waals surface area (Å²) in [6.07, 6.45) is 4.05. The van der Waals surface area contributed by atoms with E-state index in [-0.39, 0.29) is 0 Å². The van der Waals surface area contributed by atoms with Crippen LogP contribution in [0.1, 0.15) is 25.0 Å². The van der Waals surface area contributed by atoms with Crippen molar-refractivity contribution in [1.82, 2.24) is 15.3 Å². The van der Waals surface area contributed by atoms with Crippen LogP contribution >= 0.6 is 0 Å². The smallest absolute Gasteiger partial charge is 0.0914 e. The van der Waals surface area contributed by atoms with Gasteiger partial charge in [0.25, 0.3) is 0 Å². The number of hydrogen-bond donors (Lipinski definition) is 2. The minimum Gasteiger partial charge on any atom is -0.369 e. The Bertz CT molecular complexity index is 1030. The molecule has 1 fully saturated rings. The second-order valence-corrected chi connectivity index (χ2v) is 7.70. The summed E-state index contributed by atoms with van der Waals surface area (Å²) in [5.41, 5.74) is 10.3. The lowest BCUT2D eigenvalue weighted by Crippen LogP contribution is -2.43. The number of aryl methyl sites for hydroxylation is 1. The number of piperazine rings is 1. The average molecular weight is 373 g/mol. The first-order chi connectivity index (χ1) is 13.5. The van der Waals surface area contributed by atoms with E-state index >= 15 is 0 Å². The van der Waals surface area contributed by atoms with Crippen LogP contribution in [0.15, 0.2) is 54.8 Å². The first-order valence-corrected chi connectivity index (χ1v) is 9.91. The molecule has 0 amide bonds. The van der Waals surface area contributed by atoms with Crippen molar-refractivity contribution in [2.24, 2.45) is 0 Å². The molecule has 0 bridgehead atoms. The van der Waals surface area contributed by atoms with Crippen LogP contribution in [0.2, 0.25) is 0 Å². The zero-order chi connectivity index (χ0) is 19.7. The molecule has 4 rings (SSSR count). The van der Waals surface area contributed by atoms with E-state index in [9.17, 15) is 0 Å². The summed E-state index contributed by atoms with van der Waals surface area (Å²) in [5, 5.41) is 3.40. The van der Waals surface area contributed by atoms with E-state index in [0.717, 1.165) is 54.0 Å². The number of anilines is 1. The molecule has 0 radical (unpaired) electrons. The summed E-state index contributed by atoms with van der Waals surface area (Å²) in [7, 11) is 0. The van der Waals surface area contributed by atoms with Crippen molar-refractivity contribution in [2.75, 3.05) is 31.1 Å². The van der Waals surface area contributed by atoms with Gasteiger partial charge in [0.1, 0.15) is 0 Å². The van der Waals surface area contributed by atoms with Crippen molar-refractivity contribution < 1.29 is 0 Å². The minimum atomic E-state index is 1.04. The van der Waals surface area contributed by atoms with Crippen LogP contribution in [0.25, 0.3) is 27.9 Å². The van der Waals surface area contributed by atoms with Gasteiger partial charge in [0.2, 0.25) is 0 Å². The number of benzene rings is 1. The lowest BCUT2D eigenvalue weighted by Gasteiger charge is -2.29. The monoisotopic (exact) mass is 372 g/mol. The molecular formula is C24H28N4. The highest BCUT2D eigenvalue weighted by Gasteiger charge is 2.14. The van der Waals surface area contributed by atoms with E-state index in [2.05, 4.69) is 72.0 Å². The van der Waals surface area contributed by atoms with Crippen molar-refractivity contribution in [3.05, 3.63) is 65.9 Å². The predicted octanol–water partition coefficient (Wildman–Crippen LogP) is 4.93. The molecule has 0 unspecified atom stereocenters. The normalized spacial score (nSPS) is 15.2. The fraction of sp³-hybridized carbons (Fsp3) is 0.292. The van der Waals surface area contributed by atoms with Crippen molar-refractivity contribution >= 4 is 22.3 Å². The number of aromatic nitrogens is 2. The quantitative estimate of drug-likeness (QED) is 0.639. The number of H-pyrrole nitrogens is 1. The van der Waals surface area contributed by atoms with E-state index in [1.807, 2.05) is 13.1 Å². The summed E-state index contributed by atoms with van der Waals surface area (Å²) in [5.74, 6) is 0. The molecule has 1 aliphatic heterocycles. The fourth-order valence-corrected chi connectivity index (χ4v) is 3.92. The molecule has 4 nitrogen and oxygen atoms in total. The van der Waals surface area contributed by atoms with Crippen LogP contribution in [0.3, 0.4) is 0 Å². The van der Waals surface area contributed by atoms with Crippen molar-refractivity contribution in [3.8, 4) is 11.3 Å². The van der Waals surface area contributed by atoms with Gasteiger partial charge < -0.3 is 15.2 Å². The van der Waals surface area contributed by atoms with Gasteiger partial charge in [-0.2, -0.15) is 0 Å². The molecule has 0 aliphatic carbocycles. The zero-order valence-corrected chi connectivity index (χ0v) is 17.0. The van der Waals surface area contributed by atoms with Crippen molar-refractivity contribution in [1.29, 1.82) is 0 Å². The number of pyridine rings is 1. The number of nitrogens with zero attached hydrogens (tertiary/aromatic N) is 2. The van der Waals surface area contributed by atoms with Gasteiger partial charge in [0, 0.05) is 43.6 Å². The number of aromatic amines is 1. The molecule has 2 aromatic heterocycles. The Hall–Kier alpha value is -2.85. The number of fused-ring (bicyclic) bond motifs is 1. The number of allylic oxidation sites excluding steroid dienone is 3. The lowest BCUT2D eigenvalue weighted by molar-refractivity contribution is 0.589. The second-order valence-electron chi connectivity index (χ2n) is 7.70. The Morgan fingerprint density at radius 3 is 2.54 bits per heavy atom. The van der Waals surface area contributed by atoms with Crippen molar-refractivity contribution in [2.45, 2.75) is 20.8 Å². The highest BCUT2D eigenvalue weighted by atomic mass is 15.2. The molecular weight excluding hydrogens is 344 g/mol. The molecule has 144 valence electrons. The third kappa shape index (κ3) is 3.60. The maximum atomic E-state index is 4.73. The third-order valence-corrected chi connectivity index (χ3v) is 5.43. The van der Waals surface area contributed by atoms with Gasteiger partial charge in [0.15, 0.2) is 0 Å². The number of nitrogens with one attached hydrogen (secondary N) is 2.